The van der Waals surface area contributed by atoms with Gasteiger partial charge in [-0.3, -0.25) is 43.4 Å². The number of amides is 7. The van der Waals surface area contributed by atoms with Crippen LogP contribution >= 0.6 is 22.6 Å². The summed E-state index contributed by atoms with van der Waals surface area (Å²) in [6, 6.07) is 1.32. The van der Waals surface area contributed by atoms with Crippen molar-refractivity contribution in [1.29, 1.82) is 0 Å². The van der Waals surface area contributed by atoms with Crippen LogP contribution in [0.3, 0.4) is 0 Å². The fourth-order valence-corrected chi connectivity index (χ4v) is 11.2. The highest BCUT2D eigenvalue weighted by atomic mass is 127. The lowest BCUT2D eigenvalue weighted by atomic mass is 9.78. The molecule has 3 saturated heterocycles. The van der Waals surface area contributed by atoms with Crippen molar-refractivity contribution in [3.63, 3.8) is 0 Å². The van der Waals surface area contributed by atoms with Gasteiger partial charge >= 0.3 is 12.1 Å². The number of likely N-dealkylation sites (tertiary alicyclic amines) is 2. The zero-order valence-corrected chi connectivity index (χ0v) is 50.3. The molecule has 3 unspecified atom stereocenters. The maximum absolute atomic E-state index is 14.3. The van der Waals surface area contributed by atoms with Crippen molar-refractivity contribution in [1.82, 2.24) is 45.7 Å². The Labute approximate surface area is 491 Å². The summed E-state index contributed by atoms with van der Waals surface area (Å²) in [5.74, 6) is -3.90. The second-order valence-corrected chi connectivity index (χ2v) is 24.8. The lowest BCUT2D eigenvalue weighted by Gasteiger charge is -2.43. The van der Waals surface area contributed by atoms with E-state index in [0.717, 1.165) is 41.9 Å². The summed E-state index contributed by atoms with van der Waals surface area (Å²) in [7, 11) is 0. The number of ether oxygens (including phenoxy) is 3. The highest BCUT2D eigenvalue weighted by Gasteiger charge is 2.52. The van der Waals surface area contributed by atoms with E-state index in [1.165, 1.54) is 19.6 Å². The number of imidazole rings is 1. The number of benzene rings is 1. The molecule has 6 rings (SSSR count). The average molecular weight is 1260 g/mol. The second kappa shape index (κ2) is 29.4. The van der Waals surface area contributed by atoms with E-state index in [4.69, 9.17) is 14.2 Å². The number of anilines is 2. The zero-order chi connectivity index (χ0) is 60.2. The van der Waals surface area contributed by atoms with Crippen LogP contribution in [0.4, 0.5) is 16.3 Å². The molecule has 452 valence electrons. The average Bonchev–Trinajstić information content (AvgIpc) is 4.26. The summed E-state index contributed by atoms with van der Waals surface area (Å²) >= 11 is 2.35. The highest BCUT2D eigenvalue weighted by molar-refractivity contribution is 14.1. The normalized spacial score (nSPS) is 23.8. The van der Waals surface area contributed by atoms with Gasteiger partial charge in [-0.25, -0.2) is 19.7 Å². The molecule has 3 aliphatic rings. The van der Waals surface area contributed by atoms with Gasteiger partial charge in [0.2, 0.25) is 35.4 Å². The van der Waals surface area contributed by atoms with Crippen molar-refractivity contribution in [2.24, 2.45) is 29.6 Å². The molecule has 9 N–H and O–H groups in total. The van der Waals surface area contributed by atoms with Crippen molar-refractivity contribution in [3.05, 3.63) is 42.5 Å². The molecule has 5 heterocycles. The molecule has 12 atom stereocenters. The predicted molar refractivity (Wildman–Crippen MR) is 308 cm³/mol. The van der Waals surface area contributed by atoms with E-state index in [0.29, 0.717) is 28.3 Å². The fourth-order valence-electron chi connectivity index (χ4n) is 10.4. The summed E-state index contributed by atoms with van der Waals surface area (Å²) in [5, 5.41) is 46.7. The van der Waals surface area contributed by atoms with Gasteiger partial charge in [0.25, 0.3) is 0 Å². The molecule has 7 amide bonds. The number of rotatable bonds is 27. The molecule has 0 saturated carbocycles. The Morgan fingerprint density at radius 3 is 2.32 bits per heavy atom. The molecule has 82 heavy (non-hydrogen) atoms. The first kappa shape index (κ1) is 65.1. The Morgan fingerprint density at radius 1 is 0.939 bits per heavy atom. The molecule has 25 nitrogen and oxygen atoms in total. The van der Waals surface area contributed by atoms with Gasteiger partial charge in [-0.1, -0.05) is 109 Å². The number of aromatic amines is 1. The third-order valence-electron chi connectivity index (χ3n) is 15.5. The quantitative estimate of drug-likeness (QED) is 0.0227. The molecule has 26 heteroatoms. The summed E-state index contributed by atoms with van der Waals surface area (Å²) in [6.45, 7) is 16.1. The molecule has 2 aromatic heterocycles. The maximum Gasteiger partial charge on any atom is 0.410 e. The lowest BCUT2D eigenvalue weighted by Crippen LogP contribution is -2.67. The standard InChI is InChI=1S/C56H82IN11O14/c1-10-11-12-32(8)23-41(72)81-37-18-21-68(45(37)52(77)65-43-38(25-69)82-53(47(74)46(43)73)66-49-44-48(59-27-58-44)60-28-61-49)55(79)80-26-34-13-15-35(16-14-34)63-50(75)33(9)62-51(76)42(30(4)5)64-39(70)19-22-67-40(71)24-36(54(67)78)56(57,31(6)7)20-17-29(2)3/h13-16,27-33,36-38,42-43,45-47,53,69,73-74H,10-12,17-26H2,1-9H3,(H,62,76)(H,63,75)(H,64,70)(H,65,77)(H2,58,59,60,61,66)/t32?,33-,36?,37-,38-,42-,43-,45+,46+,47-,53-,56?/m0/s1. The van der Waals surface area contributed by atoms with Crippen LogP contribution < -0.4 is 26.6 Å². The Bertz CT molecular complexity index is 2710. The molecule has 3 fully saturated rings. The van der Waals surface area contributed by atoms with Crippen LogP contribution in [0.25, 0.3) is 11.2 Å². The van der Waals surface area contributed by atoms with Crippen LogP contribution in [0.1, 0.15) is 126 Å². The molecule has 3 aromatic rings. The van der Waals surface area contributed by atoms with E-state index in [2.05, 4.69) is 96.8 Å². The SMILES string of the molecule is CCCCC(C)CC(=O)O[C@H]1CCN(C(=O)OCc2ccc(NC(=O)[C@H](C)NC(=O)[C@@H](NC(=O)CCN3C(=O)CC(C(I)(CCC(C)C)C(C)C)C3=O)C(C)C)cc2)[C@H]1C(=O)N[C@@H]1[C@@H](O)[C@H](O)[C@@H](Nc2ncnc3nc[nH]c23)O[C@H]1CO. The summed E-state index contributed by atoms with van der Waals surface area (Å²) in [5.41, 5.74) is 1.53. The van der Waals surface area contributed by atoms with Gasteiger partial charge in [0, 0.05) is 47.9 Å². The zero-order valence-electron chi connectivity index (χ0n) is 48.2. The molecular weight excluding hydrogens is 1180 g/mol. The maximum atomic E-state index is 14.3. The fraction of sp³-hybridized carbons (Fsp3) is 0.661. The number of H-pyrrole nitrogens is 1. The first-order valence-corrected chi connectivity index (χ1v) is 29.4. The minimum absolute atomic E-state index is 0.00782. The molecule has 0 spiro atoms. The van der Waals surface area contributed by atoms with Crippen LogP contribution in [0.5, 0.6) is 0 Å². The van der Waals surface area contributed by atoms with Gasteiger partial charge in [0.15, 0.2) is 23.7 Å². The smallest absolute Gasteiger partial charge is 0.410 e. The monoisotopic (exact) mass is 1260 g/mol. The van der Waals surface area contributed by atoms with Gasteiger partial charge < -0.3 is 61.1 Å². The van der Waals surface area contributed by atoms with Crippen LogP contribution in [0.2, 0.25) is 0 Å². The van der Waals surface area contributed by atoms with Crippen LogP contribution in [0, 0.1) is 29.6 Å². The van der Waals surface area contributed by atoms with E-state index in [1.54, 1.807) is 38.1 Å². The number of nitrogens with one attached hydrogen (secondary N) is 6. The Balaban J connectivity index is 1.02. The van der Waals surface area contributed by atoms with E-state index in [9.17, 15) is 53.7 Å². The number of halogens is 1. The Morgan fingerprint density at radius 2 is 1.66 bits per heavy atom. The number of carbonyl (C=O) groups excluding carboxylic acids is 8. The van der Waals surface area contributed by atoms with Crippen LogP contribution in [-0.4, -0.2) is 170 Å². The van der Waals surface area contributed by atoms with Gasteiger partial charge in [0.05, 0.1) is 24.9 Å². The van der Waals surface area contributed by atoms with E-state index < -0.39 is 112 Å². The highest BCUT2D eigenvalue weighted by Crippen LogP contribution is 2.46. The van der Waals surface area contributed by atoms with Crippen molar-refractivity contribution in [2.45, 2.75) is 185 Å². The first-order valence-electron chi connectivity index (χ1n) is 28.4. The number of aliphatic hydroxyl groups is 3. The largest absolute Gasteiger partial charge is 0.460 e. The molecule has 0 bridgehead atoms. The Kier molecular flexibility index (Phi) is 23.3. The van der Waals surface area contributed by atoms with Gasteiger partial charge in [-0.15, -0.1) is 0 Å². The molecule has 3 aliphatic heterocycles. The number of nitrogens with zero attached hydrogens (tertiary/aromatic N) is 5. The Hall–Kier alpha value is -6.10. The number of aromatic nitrogens is 4. The number of hydrogen-bond donors (Lipinski definition) is 9. The molecular formula is C56H82IN11O14. The van der Waals surface area contributed by atoms with E-state index in [1.807, 2.05) is 13.8 Å². The number of hydrogen-bond acceptors (Lipinski definition) is 18. The third kappa shape index (κ3) is 16.4. The second-order valence-electron chi connectivity index (χ2n) is 22.8. The van der Waals surface area contributed by atoms with Crippen molar-refractivity contribution in [3.8, 4) is 0 Å². The lowest BCUT2D eigenvalue weighted by molar-refractivity contribution is -0.186. The molecule has 1 aromatic carbocycles. The van der Waals surface area contributed by atoms with E-state index >= 15 is 0 Å². The van der Waals surface area contributed by atoms with Crippen LogP contribution in [0.15, 0.2) is 36.9 Å². The van der Waals surface area contributed by atoms with Crippen molar-refractivity contribution < 1.29 is 67.9 Å². The van der Waals surface area contributed by atoms with Gasteiger partial charge in [0.1, 0.15) is 55.0 Å². The first-order chi connectivity index (χ1) is 38.9. The topological polar surface area (TPSA) is 346 Å². The third-order valence-corrected chi connectivity index (χ3v) is 18.0. The summed E-state index contributed by atoms with van der Waals surface area (Å²) < 4.78 is 17.0. The van der Waals surface area contributed by atoms with E-state index in [-0.39, 0.29) is 74.8 Å². The summed E-state index contributed by atoms with van der Waals surface area (Å²) in [4.78, 5) is 126. The number of carbonyl (C=O) groups is 8. The van der Waals surface area contributed by atoms with Crippen molar-refractivity contribution in [2.75, 3.05) is 30.3 Å². The summed E-state index contributed by atoms with van der Waals surface area (Å²) in [6.07, 6.45) is -1.10. The molecule has 0 radical (unpaired) electrons. The minimum Gasteiger partial charge on any atom is -0.460 e. The number of unbranched alkanes of at least 4 members (excludes halogenated alkanes) is 1. The molecule has 0 aliphatic carbocycles. The number of esters is 1. The minimum atomic E-state index is -1.72. The number of imide groups is 1. The number of aliphatic hydroxyl groups excluding tert-OH is 3. The number of alkyl halides is 1. The van der Waals surface area contributed by atoms with Gasteiger partial charge in [-0.05, 0) is 61.1 Å². The predicted octanol–water partition coefficient (Wildman–Crippen LogP) is 3.84. The number of fused-ring (bicyclic) bond motifs is 1. The van der Waals surface area contributed by atoms with Crippen molar-refractivity contribution >= 4 is 92.8 Å². The van der Waals surface area contributed by atoms with Crippen LogP contribution in [-0.2, 0) is 54.4 Å². The van der Waals surface area contributed by atoms with Gasteiger partial charge in [-0.2, -0.15) is 0 Å².